The van der Waals surface area contributed by atoms with Gasteiger partial charge in [-0.3, -0.25) is 10.1 Å². The smallest absolute Gasteiger partial charge is 0.269 e. The first-order valence-electron chi connectivity index (χ1n) is 7.20. The third kappa shape index (κ3) is 3.87. The van der Waals surface area contributed by atoms with E-state index in [0.717, 1.165) is 0 Å². The molecule has 0 heterocycles. The molecule has 2 aromatic carbocycles. The third-order valence-corrected chi connectivity index (χ3v) is 3.55. The lowest BCUT2D eigenvalue weighted by molar-refractivity contribution is -0.384. The number of non-ortho nitro benzene ring substituents is 1. The lowest BCUT2D eigenvalue weighted by atomic mass is 10.0. The summed E-state index contributed by atoms with van der Waals surface area (Å²) in [5, 5.41) is 20.2. The van der Waals surface area contributed by atoms with E-state index in [9.17, 15) is 15.4 Å². The van der Waals surface area contributed by atoms with Gasteiger partial charge in [-0.25, -0.2) is 0 Å². The molecule has 0 saturated carbocycles. The summed E-state index contributed by atoms with van der Waals surface area (Å²) < 4.78 is 15.9. The first kappa shape index (κ1) is 17.8. The van der Waals surface area contributed by atoms with Crippen molar-refractivity contribution in [1.29, 1.82) is 5.26 Å². The van der Waals surface area contributed by atoms with E-state index < -0.39 is 4.92 Å². The molecule has 0 amide bonds. The number of nitriles is 1. The van der Waals surface area contributed by atoms with Crippen LogP contribution in [0.4, 0.5) is 5.69 Å². The molecule has 0 spiro atoms. The van der Waals surface area contributed by atoms with Gasteiger partial charge in [0, 0.05) is 24.3 Å². The van der Waals surface area contributed by atoms with Crippen molar-refractivity contribution in [2.24, 2.45) is 0 Å². The normalized spacial score (nSPS) is 10.7. The molecule has 0 aliphatic carbocycles. The van der Waals surface area contributed by atoms with Crippen molar-refractivity contribution in [2.75, 3.05) is 21.3 Å². The number of ether oxygens (including phenoxy) is 3. The summed E-state index contributed by atoms with van der Waals surface area (Å²) in [5.74, 6) is 1.51. The Balaban J connectivity index is 2.56. The Bertz CT molecular complexity index is 826. The van der Waals surface area contributed by atoms with Crippen LogP contribution in [0.25, 0.3) is 11.6 Å². The summed E-state index contributed by atoms with van der Waals surface area (Å²) >= 11 is 0. The van der Waals surface area contributed by atoms with Gasteiger partial charge in [-0.2, -0.15) is 5.26 Å². The van der Waals surface area contributed by atoms with Gasteiger partial charge in [-0.15, -0.1) is 0 Å². The summed E-state index contributed by atoms with van der Waals surface area (Å²) in [4.78, 5) is 10.3. The molecule has 25 heavy (non-hydrogen) atoms. The second kappa shape index (κ2) is 7.84. The molecule has 0 unspecified atom stereocenters. The summed E-state index contributed by atoms with van der Waals surface area (Å²) in [5.41, 5.74) is 1.39. The van der Waals surface area contributed by atoms with Crippen LogP contribution in [0.1, 0.15) is 11.1 Å². The maximum atomic E-state index is 10.8. The van der Waals surface area contributed by atoms with Crippen molar-refractivity contribution in [2.45, 2.75) is 0 Å². The van der Waals surface area contributed by atoms with Gasteiger partial charge >= 0.3 is 0 Å². The van der Waals surface area contributed by atoms with E-state index in [4.69, 9.17) is 14.2 Å². The second-order valence-electron chi connectivity index (χ2n) is 4.92. The highest BCUT2D eigenvalue weighted by molar-refractivity contribution is 5.92. The van der Waals surface area contributed by atoms with Crippen LogP contribution in [0.2, 0.25) is 0 Å². The minimum absolute atomic E-state index is 0.0411. The van der Waals surface area contributed by atoms with E-state index in [1.165, 1.54) is 45.6 Å². The number of benzene rings is 2. The highest BCUT2D eigenvalue weighted by Crippen LogP contribution is 2.36. The Morgan fingerprint density at radius 2 is 1.64 bits per heavy atom. The molecule has 0 atom stereocenters. The molecule has 0 aromatic heterocycles. The van der Waals surface area contributed by atoms with Crippen LogP contribution in [0.5, 0.6) is 17.2 Å². The minimum Gasteiger partial charge on any atom is -0.496 e. The van der Waals surface area contributed by atoms with Crippen molar-refractivity contribution >= 4 is 17.3 Å². The highest BCUT2D eigenvalue weighted by atomic mass is 16.6. The molecule has 2 aromatic rings. The van der Waals surface area contributed by atoms with Gasteiger partial charge in [0.15, 0.2) is 0 Å². The Hall–Kier alpha value is -3.53. The molecular weight excluding hydrogens is 324 g/mol. The van der Waals surface area contributed by atoms with Gasteiger partial charge in [0.1, 0.15) is 17.2 Å². The summed E-state index contributed by atoms with van der Waals surface area (Å²) in [6, 6.07) is 11.2. The highest BCUT2D eigenvalue weighted by Gasteiger charge is 2.14. The zero-order chi connectivity index (χ0) is 18.4. The number of nitrogens with zero attached hydrogens (tertiary/aromatic N) is 2. The Kier molecular flexibility index (Phi) is 5.58. The molecule has 0 bridgehead atoms. The average Bonchev–Trinajstić information content (AvgIpc) is 2.65. The number of allylic oxidation sites excluding steroid dienone is 1. The summed E-state index contributed by atoms with van der Waals surface area (Å²) in [6.07, 6.45) is 1.61. The summed E-state index contributed by atoms with van der Waals surface area (Å²) in [7, 11) is 4.54. The Labute approximate surface area is 144 Å². The van der Waals surface area contributed by atoms with E-state index in [2.05, 4.69) is 6.07 Å². The van der Waals surface area contributed by atoms with Crippen molar-refractivity contribution in [3.63, 3.8) is 0 Å². The topological polar surface area (TPSA) is 94.6 Å². The van der Waals surface area contributed by atoms with Crippen molar-refractivity contribution in [3.8, 4) is 23.3 Å². The molecule has 7 nitrogen and oxygen atoms in total. The average molecular weight is 340 g/mol. The fourth-order valence-electron chi connectivity index (χ4n) is 2.26. The van der Waals surface area contributed by atoms with Gasteiger partial charge in [-0.05, 0) is 23.8 Å². The van der Waals surface area contributed by atoms with E-state index in [-0.39, 0.29) is 5.69 Å². The zero-order valence-corrected chi connectivity index (χ0v) is 14.0. The van der Waals surface area contributed by atoms with E-state index in [0.29, 0.717) is 33.9 Å². The summed E-state index contributed by atoms with van der Waals surface area (Å²) in [6.45, 7) is 0. The van der Waals surface area contributed by atoms with Crippen LogP contribution in [0.15, 0.2) is 36.4 Å². The maximum absolute atomic E-state index is 10.8. The van der Waals surface area contributed by atoms with Crippen molar-refractivity contribution in [1.82, 2.24) is 0 Å². The first-order valence-corrected chi connectivity index (χ1v) is 7.20. The van der Waals surface area contributed by atoms with Crippen molar-refractivity contribution < 1.29 is 19.1 Å². The molecule has 0 aliphatic heterocycles. The number of hydrogen-bond acceptors (Lipinski definition) is 6. The number of rotatable bonds is 6. The molecule has 0 saturated heterocycles. The molecule has 0 aliphatic rings. The van der Waals surface area contributed by atoms with Crippen LogP contribution in [0, 0.1) is 21.4 Å². The number of methoxy groups -OCH3 is 3. The quantitative estimate of drug-likeness (QED) is 0.344. The van der Waals surface area contributed by atoms with Crippen LogP contribution >= 0.6 is 0 Å². The predicted molar refractivity (Wildman–Crippen MR) is 92.7 cm³/mol. The fraction of sp³-hybridized carbons (Fsp3) is 0.167. The minimum atomic E-state index is -0.491. The van der Waals surface area contributed by atoms with Gasteiger partial charge in [-0.1, -0.05) is 0 Å². The van der Waals surface area contributed by atoms with Crippen molar-refractivity contribution in [3.05, 3.63) is 57.6 Å². The first-order chi connectivity index (χ1) is 12.0. The fourth-order valence-corrected chi connectivity index (χ4v) is 2.26. The van der Waals surface area contributed by atoms with Gasteiger partial charge < -0.3 is 14.2 Å². The number of nitro groups is 1. The SMILES string of the molecule is COc1cc(OC)c(/C=C(/C#N)c2ccc([N+](=O)[O-])cc2)c(OC)c1. The van der Waals surface area contributed by atoms with Gasteiger partial charge in [0.05, 0.1) is 43.5 Å². The van der Waals surface area contributed by atoms with Gasteiger partial charge in [0.2, 0.25) is 0 Å². The zero-order valence-electron chi connectivity index (χ0n) is 14.0. The molecule has 128 valence electrons. The standard InChI is InChI=1S/C18H16N2O5/c1-23-15-9-17(24-2)16(18(10-15)25-3)8-13(11-19)12-4-6-14(7-5-12)20(21)22/h4-10H,1-3H3/b13-8-. The Morgan fingerprint density at radius 1 is 1.08 bits per heavy atom. The Morgan fingerprint density at radius 3 is 2.04 bits per heavy atom. The van der Waals surface area contributed by atoms with Gasteiger partial charge in [0.25, 0.3) is 5.69 Å². The predicted octanol–water partition coefficient (Wildman–Crippen LogP) is 3.68. The van der Waals surface area contributed by atoms with E-state index >= 15 is 0 Å². The van der Waals surface area contributed by atoms with Crippen LogP contribution in [0.3, 0.4) is 0 Å². The lowest BCUT2D eigenvalue weighted by Gasteiger charge is -2.13. The van der Waals surface area contributed by atoms with E-state index in [1.54, 1.807) is 18.2 Å². The molecule has 0 radical (unpaired) electrons. The molecule has 0 fully saturated rings. The molecular formula is C18H16N2O5. The molecule has 0 N–H and O–H groups in total. The van der Waals surface area contributed by atoms with Crippen LogP contribution in [-0.2, 0) is 0 Å². The molecule has 2 rings (SSSR count). The number of nitro benzene ring substituents is 1. The number of hydrogen-bond donors (Lipinski definition) is 0. The van der Waals surface area contributed by atoms with E-state index in [1.807, 2.05) is 0 Å². The third-order valence-electron chi connectivity index (χ3n) is 3.55. The van der Waals surface area contributed by atoms with Crippen LogP contribution in [-0.4, -0.2) is 26.3 Å². The maximum Gasteiger partial charge on any atom is 0.269 e. The largest absolute Gasteiger partial charge is 0.496 e. The monoisotopic (exact) mass is 340 g/mol. The second-order valence-corrected chi connectivity index (χ2v) is 4.92. The molecule has 7 heteroatoms. The lowest BCUT2D eigenvalue weighted by Crippen LogP contribution is -1.95. The van der Waals surface area contributed by atoms with Crippen LogP contribution < -0.4 is 14.2 Å².